The van der Waals surface area contributed by atoms with Crippen molar-refractivity contribution in [3.05, 3.63) is 33.3 Å². The number of carbonyl (C=O) groups is 1. The molecule has 0 radical (unpaired) electrons. The Morgan fingerprint density at radius 3 is 2.80 bits per heavy atom. The molecular formula is C10H10BrClN2O. The third kappa shape index (κ3) is 2.51. The van der Waals surface area contributed by atoms with Gasteiger partial charge in [0.2, 0.25) is 0 Å². The van der Waals surface area contributed by atoms with Gasteiger partial charge in [0.25, 0.3) is 5.91 Å². The van der Waals surface area contributed by atoms with Gasteiger partial charge in [0.05, 0.1) is 11.6 Å². The van der Waals surface area contributed by atoms with E-state index in [2.05, 4.69) is 26.6 Å². The summed E-state index contributed by atoms with van der Waals surface area (Å²) in [5, 5.41) is 6.63. The van der Waals surface area contributed by atoms with Gasteiger partial charge in [-0.3, -0.25) is 4.79 Å². The van der Waals surface area contributed by atoms with Gasteiger partial charge in [0.1, 0.15) is 0 Å². The molecule has 1 aliphatic rings. The highest BCUT2D eigenvalue weighted by atomic mass is 79.9. The van der Waals surface area contributed by atoms with Crippen molar-refractivity contribution >= 4 is 33.4 Å². The van der Waals surface area contributed by atoms with Crippen molar-refractivity contribution in [2.75, 3.05) is 13.1 Å². The van der Waals surface area contributed by atoms with E-state index in [4.69, 9.17) is 11.6 Å². The van der Waals surface area contributed by atoms with Crippen molar-refractivity contribution in [3.63, 3.8) is 0 Å². The largest absolute Gasteiger partial charge is 0.347 e. The van der Waals surface area contributed by atoms with E-state index < -0.39 is 0 Å². The second kappa shape index (κ2) is 4.51. The summed E-state index contributed by atoms with van der Waals surface area (Å²) < 4.78 is 0.722. The Morgan fingerprint density at radius 1 is 1.53 bits per heavy atom. The van der Waals surface area contributed by atoms with Gasteiger partial charge in [-0.25, -0.2) is 0 Å². The normalized spacial score (nSPS) is 15.9. The Labute approximate surface area is 101 Å². The Kier molecular flexibility index (Phi) is 3.29. The predicted molar refractivity (Wildman–Crippen MR) is 63.3 cm³/mol. The maximum atomic E-state index is 11.8. The molecular weight excluding hydrogens is 279 g/mol. The Morgan fingerprint density at radius 2 is 2.27 bits per heavy atom. The molecule has 1 heterocycles. The zero-order chi connectivity index (χ0) is 10.8. The molecule has 1 fully saturated rings. The molecule has 0 saturated carbocycles. The van der Waals surface area contributed by atoms with E-state index in [0.29, 0.717) is 10.6 Å². The molecule has 1 saturated heterocycles. The van der Waals surface area contributed by atoms with E-state index in [-0.39, 0.29) is 11.9 Å². The molecule has 3 nitrogen and oxygen atoms in total. The van der Waals surface area contributed by atoms with E-state index in [0.717, 1.165) is 17.6 Å². The lowest BCUT2D eigenvalue weighted by molar-refractivity contribution is 0.0923. The fraction of sp³-hybridized carbons (Fsp3) is 0.300. The van der Waals surface area contributed by atoms with Gasteiger partial charge >= 0.3 is 0 Å². The minimum Gasteiger partial charge on any atom is -0.347 e. The Balaban J connectivity index is 2.10. The lowest BCUT2D eigenvalue weighted by Gasteiger charge is -2.28. The van der Waals surface area contributed by atoms with Crippen molar-refractivity contribution in [2.45, 2.75) is 6.04 Å². The van der Waals surface area contributed by atoms with Crippen molar-refractivity contribution < 1.29 is 4.79 Å². The molecule has 80 valence electrons. The maximum Gasteiger partial charge on any atom is 0.252 e. The van der Waals surface area contributed by atoms with Crippen LogP contribution in [0.1, 0.15) is 10.4 Å². The van der Waals surface area contributed by atoms with E-state index >= 15 is 0 Å². The van der Waals surface area contributed by atoms with Crippen LogP contribution in [0.15, 0.2) is 22.7 Å². The van der Waals surface area contributed by atoms with Crippen molar-refractivity contribution in [3.8, 4) is 0 Å². The minimum atomic E-state index is -0.0648. The molecule has 5 heteroatoms. The number of carbonyl (C=O) groups excluding carboxylic acids is 1. The maximum absolute atomic E-state index is 11.8. The summed E-state index contributed by atoms with van der Waals surface area (Å²) in [6.45, 7) is 1.69. The fourth-order valence-electron chi connectivity index (χ4n) is 1.33. The van der Waals surface area contributed by atoms with Crippen LogP contribution >= 0.6 is 27.5 Å². The average molecular weight is 290 g/mol. The van der Waals surface area contributed by atoms with Crippen LogP contribution in [0.5, 0.6) is 0 Å². The summed E-state index contributed by atoms with van der Waals surface area (Å²) in [7, 11) is 0. The van der Waals surface area contributed by atoms with Gasteiger partial charge in [-0.15, -0.1) is 0 Å². The van der Waals surface area contributed by atoms with Crippen LogP contribution in [0.25, 0.3) is 0 Å². The van der Waals surface area contributed by atoms with Crippen LogP contribution in [0.2, 0.25) is 5.02 Å². The molecule has 0 atom stereocenters. The summed E-state index contributed by atoms with van der Waals surface area (Å²) in [5.74, 6) is -0.0648. The number of rotatable bonds is 2. The predicted octanol–water partition coefficient (Wildman–Crippen LogP) is 1.80. The molecule has 1 amide bonds. The smallest absolute Gasteiger partial charge is 0.252 e. The SMILES string of the molecule is O=C(NC1CNC1)c1ccc(Cl)cc1Br. The topological polar surface area (TPSA) is 41.1 Å². The van der Waals surface area contributed by atoms with Gasteiger partial charge in [0, 0.05) is 22.6 Å². The first-order chi connectivity index (χ1) is 7.16. The van der Waals surface area contributed by atoms with Gasteiger partial charge in [-0.1, -0.05) is 11.6 Å². The van der Waals surface area contributed by atoms with E-state index in [9.17, 15) is 4.79 Å². The standard InChI is InChI=1S/C10H10BrClN2O/c11-9-3-6(12)1-2-8(9)10(15)14-7-4-13-5-7/h1-3,7,13H,4-5H2,(H,14,15). The van der Waals surface area contributed by atoms with Crippen molar-refractivity contribution in [2.24, 2.45) is 0 Å². The fourth-order valence-corrected chi connectivity index (χ4v) is 2.19. The van der Waals surface area contributed by atoms with Gasteiger partial charge in [-0.2, -0.15) is 0 Å². The molecule has 1 aromatic carbocycles. The number of halogens is 2. The number of hydrogen-bond acceptors (Lipinski definition) is 2. The summed E-state index contributed by atoms with van der Waals surface area (Å²) in [4.78, 5) is 11.8. The molecule has 2 rings (SSSR count). The molecule has 2 N–H and O–H groups in total. The molecule has 1 aromatic rings. The first-order valence-electron chi connectivity index (χ1n) is 4.63. The van der Waals surface area contributed by atoms with Crippen LogP contribution < -0.4 is 10.6 Å². The lowest BCUT2D eigenvalue weighted by Crippen LogP contribution is -2.56. The number of hydrogen-bond donors (Lipinski definition) is 2. The first kappa shape index (κ1) is 10.9. The molecule has 1 aliphatic heterocycles. The average Bonchev–Trinajstić information content (AvgIpc) is 2.11. The monoisotopic (exact) mass is 288 g/mol. The summed E-state index contributed by atoms with van der Waals surface area (Å²) in [6, 6.07) is 5.39. The van der Waals surface area contributed by atoms with Gasteiger partial charge in [0.15, 0.2) is 0 Å². The Bertz CT molecular complexity index is 393. The van der Waals surface area contributed by atoms with Gasteiger partial charge < -0.3 is 10.6 Å². The summed E-state index contributed by atoms with van der Waals surface area (Å²) in [5.41, 5.74) is 0.617. The van der Waals surface area contributed by atoms with E-state index in [1.54, 1.807) is 18.2 Å². The number of amides is 1. The number of benzene rings is 1. The highest BCUT2D eigenvalue weighted by Crippen LogP contribution is 2.21. The van der Waals surface area contributed by atoms with Crippen LogP contribution in [-0.4, -0.2) is 25.0 Å². The Hall–Kier alpha value is -0.580. The van der Waals surface area contributed by atoms with Crippen molar-refractivity contribution in [1.29, 1.82) is 0 Å². The third-order valence-electron chi connectivity index (χ3n) is 2.29. The van der Waals surface area contributed by atoms with Crippen LogP contribution in [0.4, 0.5) is 0 Å². The summed E-state index contributed by atoms with van der Waals surface area (Å²) in [6.07, 6.45) is 0. The minimum absolute atomic E-state index is 0.0648. The van der Waals surface area contributed by atoms with Gasteiger partial charge in [-0.05, 0) is 34.1 Å². The quantitative estimate of drug-likeness (QED) is 0.872. The molecule has 0 unspecified atom stereocenters. The zero-order valence-corrected chi connectivity index (χ0v) is 10.2. The second-order valence-electron chi connectivity index (χ2n) is 3.45. The second-order valence-corrected chi connectivity index (χ2v) is 4.74. The molecule has 0 aromatic heterocycles. The summed E-state index contributed by atoms with van der Waals surface area (Å²) >= 11 is 9.11. The van der Waals surface area contributed by atoms with Crippen LogP contribution in [0, 0.1) is 0 Å². The lowest BCUT2D eigenvalue weighted by atomic mass is 10.1. The first-order valence-corrected chi connectivity index (χ1v) is 5.80. The molecule has 0 bridgehead atoms. The van der Waals surface area contributed by atoms with Crippen LogP contribution in [0.3, 0.4) is 0 Å². The van der Waals surface area contributed by atoms with Crippen molar-refractivity contribution in [1.82, 2.24) is 10.6 Å². The van der Waals surface area contributed by atoms with Crippen LogP contribution in [-0.2, 0) is 0 Å². The number of nitrogens with one attached hydrogen (secondary N) is 2. The van der Waals surface area contributed by atoms with E-state index in [1.165, 1.54) is 0 Å². The highest BCUT2D eigenvalue weighted by Gasteiger charge is 2.20. The molecule has 15 heavy (non-hydrogen) atoms. The highest BCUT2D eigenvalue weighted by molar-refractivity contribution is 9.10. The molecule has 0 aliphatic carbocycles. The molecule has 0 spiro atoms. The third-order valence-corrected chi connectivity index (χ3v) is 3.18. The zero-order valence-electron chi connectivity index (χ0n) is 7.89. The van der Waals surface area contributed by atoms with E-state index in [1.807, 2.05) is 0 Å².